The molecule has 0 aliphatic rings. The van der Waals surface area contributed by atoms with Gasteiger partial charge in [0.2, 0.25) is 0 Å². The lowest BCUT2D eigenvalue weighted by Crippen LogP contribution is -2.38. The highest BCUT2D eigenvalue weighted by Gasteiger charge is 2.13. The molecule has 0 radical (unpaired) electrons. The first kappa shape index (κ1) is 11.4. The minimum atomic E-state index is -0.0257. The summed E-state index contributed by atoms with van der Waals surface area (Å²) < 4.78 is 0. The van der Waals surface area contributed by atoms with Crippen molar-refractivity contribution in [3.8, 4) is 0 Å². The van der Waals surface area contributed by atoms with Gasteiger partial charge in [-0.15, -0.1) is 0 Å². The van der Waals surface area contributed by atoms with Crippen LogP contribution in [0, 0.1) is 0 Å². The average molecular weight is 207 g/mol. The van der Waals surface area contributed by atoms with Crippen molar-refractivity contribution in [3.05, 3.63) is 24.3 Å². The summed E-state index contributed by atoms with van der Waals surface area (Å²) in [6.45, 7) is 2.63. The molecule has 1 aromatic rings. The number of benzene rings is 1. The molecule has 0 heterocycles. The summed E-state index contributed by atoms with van der Waals surface area (Å²) in [5, 5.41) is 0. The zero-order valence-electron chi connectivity index (χ0n) is 9.40. The van der Waals surface area contributed by atoms with E-state index in [2.05, 4.69) is 0 Å². The maximum absolute atomic E-state index is 11.8. The van der Waals surface area contributed by atoms with Gasteiger partial charge in [0.1, 0.15) is 0 Å². The molecule has 2 N–H and O–H groups in total. The Hall–Kier alpha value is -1.71. The Morgan fingerprint density at radius 1 is 1.27 bits per heavy atom. The van der Waals surface area contributed by atoms with Crippen molar-refractivity contribution in [1.82, 2.24) is 4.90 Å². The number of urea groups is 1. The Morgan fingerprint density at radius 3 is 2.27 bits per heavy atom. The molecule has 0 aromatic heterocycles. The van der Waals surface area contributed by atoms with E-state index in [-0.39, 0.29) is 6.03 Å². The van der Waals surface area contributed by atoms with Crippen LogP contribution in [-0.2, 0) is 0 Å². The van der Waals surface area contributed by atoms with Gasteiger partial charge in [-0.05, 0) is 31.2 Å². The van der Waals surface area contributed by atoms with E-state index in [0.29, 0.717) is 12.2 Å². The van der Waals surface area contributed by atoms with Crippen LogP contribution in [0.5, 0.6) is 0 Å². The van der Waals surface area contributed by atoms with E-state index in [0.717, 1.165) is 5.69 Å². The molecule has 0 saturated carbocycles. The fourth-order valence-electron chi connectivity index (χ4n) is 1.20. The molecule has 0 saturated heterocycles. The average Bonchev–Trinajstić information content (AvgIpc) is 2.27. The maximum atomic E-state index is 11.8. The molecule has 0 bridgehead atoms. The van der Waals surface area contributed by atoms with Crippen LogP contribution in [0.1, 0.15) is 6.92 Å². The molecule has 0 unspecified atom stereocenters. The highest BCUT2D eigenvalue weighted by Crippen LogP contribution is 2.15. The second-order valence-electron chi connectivity index (χ2n) is 3.45. The van der Waals surface area contributed by atoms with Crippen LogP contribution in [0.25, 0.3) is 0 Å². The van der Waals surface area contributed by atoms with Crippen LogP contribution >= 0.6 is 0 Å². The summed E-state index contributed by atoms with van der Waals surface area (Å²) in [5.74, 6) is 0. The number of nitrogen functional groups attached to an aromatic ring is 1. The molecule has 4 nitrogen and oxygen atoms in total. The molecule has 2 amide bonds. The van der Waals surface area contributed by atoms with Crippen LogP contribution in [0.4, 0.5) is 16.2 Å². The molecular weight excluding hydrogens is 190 g/mol. The van der Waals surface area contributed by atoms with Gasteiger partial charge in [-0.3, -0.25) is 4.90 Å². The smallest absolute Gasteiger partial charge is 0.323 e. The molecule has 1 rings (SSSR count). The lowest BCUT2D eigenvalue weighted by atomic mass is 10.3. The van der Waals surface area contributed by atoms with Crippen molar-refractivity contribution in [2.45, 2.75) is 6.92 Å². The van der Waals surface area contributed by atoms with Gasteiger partial charge in [0.05, 0.1) is 0 Å². The van der Waals surface area contributed by atoms with E-state index < -0.39 is 0 Å². The number of anilines is 2. The van der Waals surface area contributed by atoms with Gasteiger partial charge in [-0.2, -0.15) is 0 Å². The predicted octanol–water partition coefficient (Wildman–Crippen LogP) is 1.78. The van der Waals surface area contributed by atoms with Gasteiger partial charge < -0.3 is 10.6 Å². The van der Waals surface area contributed by atoms with Crippen molar-refractivity contribution < 1.29 is 4.79 Å². The molecule has 0 aliphatic heterocycles. The summed E-state index contributed by atoms with van der Waals surface area (Å²) >= 11 is 0. The zero-order valence-corrected chi connectivity index (χ0v) is 9.40. The second-order valence-corrected chi connectivity index (χ2v) is 3.45. The Morgan fingerprint density at radius 2 is 1.80 bits per heavy atom. The standard InChI is InChI=1S/C11H17N3O/c1-4-13(2)11(15)14(3)10-7-5-9(12)6-8-10/h5-8H,4,12H2,1-3H3. The summed E-state index contributed by atoms with van der Waals surface area (Å²) in [6.07, 6.45) is 0. The van der Waals surface area contributed by atoms with E-state index in [9.17, 15) is 4.79 Å². The molecule has 0 spiro atoms. The van der Waals surface area contributed by atoms with E-state index in [1.54, 1.807) is 36.0 Å². The largest absolute Gasteiger partial charge is 0.399 e. The number of nitrogens with two attached hydrogens (primary N) is 1. The first-order valence-corrected chi connectivity index (χ1v) is 4.90. The van der Waals surface area contributed by atoms with Crippen LogP contribution in [0.3, 0.4) is 0 Å². The van der Waals surface area contributed by atoms with Crippen LogP contribution in [0.2, 0.25) is 0 Å². The minimum absolute atomic E-state index is 0.0257. The molecule has 4 heteroatoms. The highest BCUT2D eigenvalue weighted by atomic mass is 16.2. The van der Waals surface area contributed by atoms with Crippen LogP contribution < -0.4 is 10.6 Å². The van der Waals surface area contributed by atoms with Crippen LogP contribution in [-0.4, -0.2) is 31.6 Å². The first-order chi connectivity index (χ1) is 7.06. The zero-order chi connectivity index (χ0) is 11.4. The van der Waals surface area contributed by atoms with E-state index in [1.165, 1.54) is 0 Å². The second kappa shape index (κ2) is 4.68. The van der Waals surface area contributed by atoms with Gasteiger partial charge in [0.15, 0.2) is 0 Å². The van der Waals surface area contributed by atoms with E-state index in [4.69, 9.17) is 5.73 Å². The lowest BCUT2D eigenvalue weighted by molar-refractivity contribution is 0.219. The Kier molecular flexibility index (Phi) is 3.55. The van der Waals surface area contributed by atoms with Crippen LogP contribution in [0.15, 0.2) is 24.3 Å². The minimum Gasteiger partial charge on any atom is -0.399 e. The van der Waals surface area contributed by atoms with E-state index in [1.807, 2.05) is 19.1 Å². The van der Waals surface area contributed by atoms with Crippen molar-refractivity contribution in [3.63, 3.8) is 0 Å². The summed E-state index contributed by atoms with van der Waals surface area (Å²) in [4.78, 5) is 15.0. The number of carbonyl (C=O) groups excluding carboxylic acids is 1. The van der Waals surface area contributed by atoms with Crippen molar-refractivity contribution in [2.24, 2.45) is 0 Å². The van der Waals surface area contributed by atoms with Crippen molar-refractivity contribution in [2.75, 3.05) is 31.3 Å². The number of carbonyl (C=O) groups is 1. The monoisotopic (exact) mass is 207 g/mol. The molecule has 0 fully saturated rings. The number of nitrogens with zero attached hydrogens (tertiary/aromatic N) is 2. The van der Waals surface area contributed by atoms with Gasteiger partial charge in [0, 0.05) is 32.0 Å². The van der Waals surface area contributed by atoms with Gasteiger partial charge in [0.25, 0.3) is 0 Å². The highest BCUT2D eigenvalue weighted by molar-refractivity contribution is 5.91. The molecule has 0 atom stereocenters. The predicted molar refractivity (Wildman–Crippen MR) is 63.0 cm³/mol. The van der Waals surface area contributed by atoms with Gasteiger partial charge >= 0.3 is 6.03 Å². The Bertz CT molecular complexity index is 334. The molecule has 15 heavy (non-hydrogen) atoms. The quantitative estimate of drug-likeness (QED) is 0.751. The first-order valence-electron chi connectivity index (χ1n) is 4.90. The molecule has 1 aromatic carbocycles. The third kappa shape index (κ3) is 2.62. The maximum Gasteiger partial charge on any atom is 0.323 e. The number of rotatable bonds is 2. The van der Waals surface area contributed by atoms with Crippen molar-refractivity contribution >= 4 is 17.4 Å². The van der Waals surface area contributed by atoms with Gasteiger partial charge in [-0.25, -0.2) is 4.79 Å². The Labute approximate surface area is 90.3 Å². The third-order valence-electron chi connectivity index (χ3n) is 2.37. The molecular formula is C11H17N3O. The van der Waals surface area contributed by atoms with Crippen molar-refractivity contribution in [1.29, 1.82) is 0 Å². The number of hydrogen-bond donors (Lipinski definition) is 1. The Balaban J connectivity index is 2.80. The fourth-order valence-corrected chi connectivity index (χ4v) is 1.20. The summed E-state index contributed by atoms with van der Waals surface area (Å²) in [5.41, 5.74) is 7.11. The number of amides is 2. The topological polar surface area (TPSA) is 49.6 Å². The summed E-state index contributed by atoms with van der Waals surface area (Å²) in [6, 6.07) is 7.20. The molecule has 82 valence electrons. The SMILES string of the molecule is CCN(C)C(=O)N(C)c1ccc(N)cc1. The fraction of sp³-hybridized carbons (Fsp3) is 0.364. The third-order valence-corrected chi connectivity index (χ3v) is 2.37. The van der Waals surface area contributed by atoms with E-state index >= 15 is 0 Å². The lowest BCUT2D eigenvalue weighted by Gasteiger charge is -2.23. The number of hydrogen-bond acceptors (Lipinski definition) is 2. The van der Waals surface area contributed by atoms with Gasteiger partial charge in [-0.1, -0.05) is 0 Å². The molecule has 0 aliphatic carbocycles. The summed E-state index contributed by atoms with van der Waals surface area (Å²) in [7, 11) is 3.52. The normalized spacial score (nSPS) is 9.80.